The molecule has 2 aliphatic carbocycles. The zero-order chi connectivity index (χ0) is 32.1. The minimum Gasteiger partial charge on any atom is -0.491 e. The summed E-state index contributed by atoms with van der Waals surface area (Å²) < 4.78 is 99.3. The van der Waals surface area contributed by atoms with Gasteiger partial charge in [0, 0.05) is 5.56 Å². The zero-order valence-electron chi connectivity index (χ0n) is 25.8. The molecule has 0 aliphatic heterocycles. The van der Waals surface area contributed by atoms with Gasteiger partial charge in [-0.15, -0.1) is 0 Å². The summed E-state index contributed by atoms with van der Waals surface area (Å²) in [6.07, 6.45) is 7.77. The number of rotatable bonds is 11. The Labute approximate surface area is 261 Å². The maximum atomic E-state index is 15.3. The van der Waals surface area contributed by atoms with Crippen LogP contribution in [0.5, 0.6) is 11.5 Å². The molecular formula is C37H40F6O2. The number of aryl methyl sites for hydroxylation is 1. The number of allylic oxidation sites excluding steroid dienone is 2. The van der Waals surface area contributed by atoms with Gasteiger partial charge in [-0.25, -0.2) is 17.6 Å². The summed E-state index contributed by atoms with van der Waals surface area (Å²) in [5.74, 6) is -5.80. The van der Waals surface area contributed by atoms with Crippen molar-refractivity contribution in [3.05, 3.63) is 99.6 Å². The molecule has 1 fully saturated rings. The molecule has 2 aliphatic rings. The van der Waals surface area contributed by atoms with Crippen LogP contribution in [0.2, 0.25) is 0 Å². The lowest BCUT2D eigenvalue weighted by Gasteiger charge is -2.30. The molecule has 0 heterocycles. The van der Waals surface area contributed by atoms with E-state index in [9.17, 15) is 17.6 Å². The predicted octanol–water partition coefficient (Wildman–Crippen LogP) is 11.0. The van der Waals surface area contributed by atoms with Crippen LogP contribution in [0.4, 0.5) is 26.3 Å². The Hall–Kier alpha value is -3.42. The molecule has 0 spiro atoms. The van der Waals surface area contributed by atoms with E-state index in [1.807, 2.05) is 13.0 Å². The lowest BCUT2D eigenvalue weighted by atomic mass is 9.75. The summed E-state index contributed by atoms with van der Waals surface area (Å²) in [5.41, 5.74) is 1.94. The third kappa shape index (κ3) is 7.20. The maximum Gasteiger partial charge on any atom is 0.201 e. The van der Waals surface area contributed by atoms with Crippen molar-refractivity contribution >= 4 is 5.57 Å². The Morgan fingerprint density at radius 1 is 0.644 bits per heavy atom. The van der Waals surface area contributed by atoms with Gasteiger partial charge in [0.25, 0.3) is 0 Å². The van der Waals surface area contributed by atoms with E-state index in [1.165, 1.54) is 12.1 Å². The van der Waals surface area contributed by atoms with Crippen molar-refractivity contribution in [2.24, 2.45) is 5.92 Å². The van der Waals surface area contributed by atoms with Crippen LogP contribution >= 0.6 is 0 Å². The SMILES string of the molecule is CCCOc1ccc(C2=CCC(CCc3ccc(C4CCC(c5ccc(OCC)c(F)c5F)CC4)c(F)c3F)CC2)c(F)c1F. The summed E-state index contributed by atoms with van der Waals surface area (Å²) in [6, 6.07) is 9.35. The molecule has 1 unspecified atom stereocenters. The van der Waals surface area contributed by atoms with E-state index in [1.54, 1.807) is 31.2 Å². The standard InChI is InChI=1S/C37H40F6O2/c1-3-21-45-31-20-18-28(35(41)37(31)43)23-8-5-22(6-9-23)7-10-26-15-16-27(33(39)32(26)38)24-11-13-25(14-12-24)29-17-19-30(44-4-2)36(42)34(29)40/h8,15-20,22,24-25H,3-7,9-14,21H2,1-2H3. The van der Waals surface area contributed by atoms with Gasteiger partial charge in [-0.1, -0.05) is 31.2 Å². The zero-order valence-corrected chi connectivity index (χ0v) is 25.8. The van der Waals surface area contributed by atoms with E-state index in [-0.39, 0.29) is 41.4 Å². The van der Waals surface area contributed by atoms with Crippen molar-refractivity contribution in [1.29, 1.82) is 0 Å². The van der Waals surface area contributed by atoms with Gasteiger partial charge in [0.2, 0.25) is 11.6 Å². The first-order valence-corrected chi connectivity index (χ1v) is 16.1. The van der Waals surface area contributed by atoms with E-state index >= 15 is 8.78 Å². The molecule has 1 saturated carbocycles. The third-order valence-corrected chi connectivity index (χ3v) is 9.37. The minimum absolute atomic E-state index is 0.0867. The second-order valence-electron chi connectivity index (χ2n) is 12.2. The fourth-order valence-corrected chi connectivity index (χ4v) is 6.82. The fourth-order valence-electron chi connectivity index (χ4n) is 6.82. The largest absolute Gasteiger partial charge is 0.491 e. The van der Waals surface area contributed by atoms with Gasteiger partial charge >= 0.3 is 0 Å². The second-order valence-corrected chi connectivity index (χ2v) is 12.2. The van der Waals surface area contributed by atoms with E-state index < -0.39 is 34.9 Å². The molecule has 2 nitrogen and oxygen atoms in total. The monoisotopic (exact) mass is 630 g/mol. The highest BCUT2D eigenvalue weighted by Crippen LogP contribution is 2.43. The minimum atomic E-state index is -0.989. The van der Waals surface area contributed by atoms with Crippen molar-refractivity contribution in [2.75, 3.05) is 13.2 Å². The fraction of sp³-hybridized carbons (Fsp3) is 0.459. The average molecular weight is 631 g/mol. The van der Waals surface area contributed by atoms with Crippen molar-refractivity contribution in [2.45, 2.75) is 89.9 Å². The molecule has 242 valence electrons. The van der Waals surface area contributed by atoms with E-state index in [0.29, 0.717) is 81.1 Å². The first kappa shape index (κ1) is 33.0. The molecule has 0 radical (unpaired) electrons. The summed E-state index contributed by atoms with van der Waals surface area (Å²) in [6.45, 7) is 4.13. The van der Waals surface area contributed by atoms with Crippen LogP contribution in [0.25, 0.3) is 5.57 Å². The average Bonchev–Trinajstić information content (AvgIpc) is 3.05. The Bertz CT molecular complexity index is 1530. The lowest BCUT2D eigenvalue weighted by molar-refractivity contribution is 0.295. The summed E-state index contributed by atoms with van der Waals surface area (Å²) >= 11 is 0. The summed E-state index contributed by atoms with van der Waals surface area (Å²) in [4.78, 5) is 0. The van der Waals surface area contributed by atoms with Crippen LogP contribution in [-0.4, -0.2) is 13.2 Å². The van der Waals surface area contributed by atoms with Crippen LogP contribution in [-0.2, 0) is 6.42 Å². The topological polar surface area (TPSA) is 18.5 Å². The molecule has 0 bridgehead atoms. The Morgan fingerprint density at radius 2 is 1.24 bits per heavy atom. The van der Waals surface area contributed by atoms with Gasteiger partial charge in [-0.05, 0) is 129 Å². The molecule has 1 atom stereocenters. The molecule has 0 aromatic heterocycles. The number of hydrogen-bond donors (Lipinski definition) is 0. The molecule has 3 aromatic rings. The second kappa shape index (κ2) is 14.8. The Kier molecular flexibility index (Phi) is 10.8. The number of ether oxygens (including phenoxy) is 2. The summed E-state index contributed by atoms with van der Waals surface area (Å²) in [5, 5.41) is 0. The van der Waals surface area contributed by atoms with Gasteiger partial charge in [0.15, 0.2) is 34.8 Å². The van der Waals surface area contributed by atoms with Crippen LogP contribution in [0.15, 0.2) is 42.5 Å². The molecule has 45 heavy (non-hydrogen) atoms. The Balaban J connectivity index is 1.16. The number of hydrogen-bond acceptors (Lipinski definition) is 2. The van der Waals surface area contributed by atoms with Gasteiger partial charge in [-0.3, -0.25) is 0 Å². The van der Waals surface area contributed by atoms with E-state index in [2.05, 4.69) is 0 Å². The van der Waals surface area contributed by atoms with Crippen molar-refractivity contribution in [3.63, 3.8) is 0 Å². The van der Waals surface area contributed by atoms with E-state index in [4.69, 9.17) is 9.47 Å². The molecule has 0 amide bonds. The highest BCUT2D eigenvalue weighted by atomic mass is 19.2. The number of halogens is 6. The molecule has 0 saturated heterocycles. The maximum absolute atomic E-state index is 15.3. The molecule has 5 rings (SSSR count). The first-order chi connectivity index (χ1) is 21.7. The number of benzene rings is 3. The van der Waals surface area contributed by atoms with Gasteiger partial charge in [-0.2, -0.15) is 8.78 Å². The smallest absolute Gasteiger partial charge is 0.201 e. The lowest BCUT2D eigenvalue weighted by Crippen LogP contribution is -2.16. The van der Waals surface area contributed by atoms with Crippen LogP contribution in [0.1, 0.15) is 106 Å². The normalized spacial score (nSPS) is 20.2. The molecule has 3 aromatic carbocycles. The highest BCUT2D eigenvalue weighted by molar-refractivity contribution is 5.67. The first-order valence-electron chi connectivity index (χ1n) is 16.1. The van der Waals surface area contributed by atoms with Crippen LogP contribution < -0.4 is 9.47 Å². The van der Waals surface area contributed by atoms with Gasteiger partial charge < -0.3 is 9.47 Å². The predicted molar refractivity (Wildman–Crippen MR) is 164 cm³/mol. The van der Waals surface area contributed by atoms with Gasteiger partial charge in [0.05, 0.1) is 13.2 Å². The summed E-state index contributed by atoms with van der Waals surface area (Å²) in [7, 11) is 0. The quantitative estimate of drug-likeness (QED) is 0.196. The third-order valence-electron chi connectivity index (χ3n) is 9.37. The van der Waals surface area contributed by atoms with Crippen LogP contribution in [0.3, 0.4) is 0 Å². The van der Waals surface area contributed by atoms with Crippen molar-refractivity contribution in [1.82, 2.24) is 0 Å². The molecule has 0 N–H and O–H groups in total. The molecule has 8 heteroatoms. The van der Waals surface area contributed by atoms with Crippen molar-refractivity contribution < 1.29 is 35.8 Å². The van der Waals surface area contributed by atoms with Crippen LogP contribution in [0, 0.1) is 40.8 Å². The molecular weight excluding hydrogens is 590 g/mol. The van der Waals surface area contributed by atoms with E-state index in [0.717, 1.165) is 12.0 Å². The highest BCUT2D eigenvalue weighted by Gasteiger charge is 2.30. The van der Waals surface area contributed by atoms with Gasteiger partial charge in [0.1, 0.15) is 0 Å². The van der Waals surface area contributed by atoms with Crippen molar-refractivity contribution in [3.8, 4) is 11.5 Å². The Morgan fingerprint density at radius 3 is 1.87 bits per heavy atom.